The van der Waals surface area contributed by atoms with E-state index in [2.05, 4.69) is 107 Å². The van der Waals surface area contributed by atoms with E-state index in [1.807, 2.05) is 0 Å². The molecule has 1 atom stereocenters. The van der Waals surface area contributed by atoms with Gasteiger partial charge in [-0.15, -0.1) is 0 Å². The fraction of sp³-hybridized carbons (Fsp3) is 0.300. The highest BCUT2D eigenvalue weighted by molar-refractivity contribution is 6.14. The summed E-state index contributed by atoms with van der Waals surface area (Å²) in [5.74, 6) is 0. The molecule has 1 aliphatic carbocycles. The van der Waals surface area contributed by atoms with E-state index in [4.69, 9.17) is 4.98 Å². The number of fused-ring (bicyclic) bond motifs is 6. The van der Waals surface area contributed by atoms with Gasteiger partial charge < -0.3 is 0 Å². The fourth-order valence-corrected chi connectivity index (χ4v) is 6.21. The first-order chi connectivity index (χ1) is 15.2. The lowest BCUT2D eigenvalue weighted by molar-refractivity contribution is 0.531. The number of pyridine rings is 1. The van der Waals surface area contributed by atoms with E-state index in [-0.39, 0.29) is 5.41 Å². The van der Waals surface area contributed by atoms with Crippen molar-refractivity contribution in [1.29, 1.82) is 0 Å². The molecular weight excluding hydrogens is 388 g/mol. The van der Waals surface area contributed by atoms with Crippen LogP contribution < -0.4 is 0 Å². The van der Waals surface area contributed by atoms with Crippen LogP contribution in [0.2, 0.25) is 0 Å². The van der Waals surface area contributed by atoms with Crippen molar-refractivity contribution in [3.63, 3.8) is 0 Å². The topological polar surface area (TPSA) is 17.3 Å². The van der Waals surface area contributed by atoms with Gasteiger partial charge in [0.1, 0.15) is 5.65 Å². The second kappa shape index (κ2) is 6.22. The quantitative estimate of drug-likeness (QED) is 0.266. The monoisotopic (exact) mass is 418 g/mol. The summed E-state index contributed by atoms with van der Waals surface area (Å²) in [7, 11) is 0. The summed E-state index contributed by atoms with van der Waals surface area (Å²) in [4.78, 5) is 5.09. The van der Waals surface area contributed by atoms with Crippen LogP contribution >= 0.6 is 0 Å². The first-order valence-electron chi connectivity index (χ1n) is 11.6. The number of benzene rings is 3. The standard InChI is InChI=1S/C30H30N2/c1-18-14-19(2)26(20(3)15-18)25-16-31-28-27-22(21-10-7-8-13-24(21)32(25)28)11-9-12-23(27)30(6)17-29(30,4)5/h7-16H,17H2,1-6H3. The molecule has 2 nitrogen and oxygen atoms in total. The van der Waals surface area contributed by atoms with Crippen molar-refractivity contribution in [2.45, 2.75) is 53.4 Å². The van der Waals surface area contributed by atoms with E-state index in [9.17, 15) is 0 Å². The second-order valence-corrected chi connectivity index (χ2v) is 10.7. The van der Waals surface area contributed by atoms with Crippen LogP contribution in [-0.4, -0.2) is 9.38 Å². The van der Waals surface area contributed by atoms with Crippen molar-refractivity contribution >= 4 is 27.3 Å². The van der Waals surface area contributed by atoms with Crippen LogP contribution in [0.15, 0.2) is 60.8 Å². The third-order valence-corrected chi connectivity index (χ3v) is 8.18. The second-order valence-electron chi connectivity index (χ2n) is 10.7. The zero-order valence-electron chi connectivity index (χ0n) is 19.9. The van der Waals surface area contributed by atoms with E-state index >= 15 is 0 Å². The van der Waals surface area contributed by atoms with Gasteiger partial charge in [-0.3, -0.25) is 4.40 Å². The number of rotatable bonds is 2. The average Bonchev–Trinajstić information content (AvgIpc) is 3.06. The number of aryl methyl sites for hydroxylation is 3. The summed E-state index contributed by atoms with van der Waals surface area (Å²) in [5, 5.41) is 3.91. The van der Waals surface area contributed by atoms with Crippen LogP contribution in [-0.2, 0) is 5.41 Å². The molecule has 0 spiro atoms. The van der Waals surface area contributed by atoms with Crippen molar-refractivity contribution in [3.05, 3.63) is 83.0 Å². The van der Waals surface area contributed by atoms with Crippen LogP contribution in [0.4, 0.5) is 0 Å². The van der Waals surface area contributed by atoms with E-state index in [1.54, 1.807) is 0 Å². The summed E-state index contributed by atoms with van der Waals surface area (Å²) in [6.45, 7) is 13.8. The van der Waals surface area contributed by atoms with Gasteiger partial charge in [-0.05, 0) is 66.2 Å². The molecule has 32 heavy (non-hydrogen) atoms. The molecule has 0 saturated heterocycles. The Morgan fingerprint density at radius 2 is 1.50 bits per heavy atom. The fourth-order valence-electron chi connectivity index (χ4n) is 6.21. The molecule has 0 bridgehead atoms. The minimum Gasteiger partial charge on any atom is -0.292 e. The molecule has 2 heterocycles. The summed E-state index contributed by atoms with van der Waals surface area (Å²) >= 11 is 0. The van der Waals surface area contributed by atoms with Gasteiger partial charge in [0.2, 0.25) is 0 Å². The molecule has 0 amide bonds. The van der Waals surface area contributed by atoms with Crippen LogP contribution in [0.1, 0.15) is 49.4 Å². The Morgan fingerprint density at radius 1 is 0.844 bits per heavy atom. The zero-order chi connectivity index (χ0) is 22.4. The summed E-state index contributed by atoms with van der Waals surface area (Å²) < 4.78 is 2.41. The largest absolute Gasteiger partial charge is 0.292 e. The molecule has 1 fully saturated rings. The highest BCUT2D eigenvalue weighted by atomic mass is 15.0. The lowest BCUT2D eigenvalue weighted by atomic mass is 9.86. The predicted molar refractivity (Wildman–Crippen MR) is 136 cm³/mol. The van der Waals surface area contributed by atoms with Gasteiger partial charge in [-0.2, -0.15) is 0 Å². The van der Waals surface area contributed by atoms with E-state index in [0.717, 1.165) is 5.65 Å². The molecule has 1 aliphatic rings. The molecular formula is C30H30N2. The third kappa shape index (κ3) is 2.44. The Morgan fingerprint density at radius 3 is 2.19 bits per heavy atom. The Balaban J connectivity index is 1.82. The summed E-state index contributed by atoms with van der Waals surface area (Å²) in [5.41, 5.74) is 10.6. The first-order valence-corrected chi connectivity index (χ1v) is 11.6. The lowest BCUT2D eigenvalue weighted by Crippen LogP contribution is -2.10. The number of hydrogen-bond donors (Lipinski definition) is 0. The molecule has 160 valence electrons. The van der Waals surface area contributed by atoms with E-state index in [0.29, 0.717) is 5.41 Å². The third-order valence-electron chi connectivity index (χ3n) is 8.18. The lowest BCUT2D eigenvalue weighted by Gasteiger charge is -2.20. The van der Waals surface area contributed by atoms with E-state index in [1.165, 1.54) is 61.6 Å². The molecule has 1 saturated carbocycles. The maximum Gasteiger partial charge on any atom is 0.145 e. The van der Waals surface area contributed by atoms with Crippen LogP contribution in [0, 0.1) is 26.2 Å². The summed E-state index contributed by atoms with van der Waals surface area (Å²) in [6, 6.07) is 20.2. The Hall–Kier alpha value is -3.13. The minimum absolute atomic E-state index is 0.178. The molecule has 0 radical (unpaired) electrons. The average molecular weight is 419 g/mol. The molecule has 1 unspecified atom stereocenters. The van der Waals surface area contributed by atoms with Gasteiger partial charge >= 0.3 is 0 Å². The minimum atomic E-state index is 0.178. The molecule has 0 N–H and O–H groups in total. The molecule has 2 heteroatoms. The van der Waals surface area contributed by atoms with E-state index < -0.39 is 0 Å². The van der Waals surface area contributed by atoms with Crippen LogP contribution in [0.25, 0.3) is 38.6 Å². The smallest absolute Gasteiger partial charge is 0.145 e. The molecule has 5 aromatic rings. The van der Waals surface area contributed by atoms with Gasteiger partial charge in [0.05, 0.1) is 17.4 Å². The van der Waals surface area contributed by atoms with Crippen molar-refractivity contribution < 1.29 is 0 Å². The van der Waals surface area contributed by atoms with Crippen molar-refractivity contribution in [1.82, 2.24) is 9.38 Å². The number of nitrogens with zero attached hydrogens (tertiary/aromatic N) is 2. The number of imidazole rings is 1. The van der Waals surface area contributed by atoms with Crippen LogP contribution in [0.5, 0.6) is 0 Å². The SMILES string of the molecule is Cc1cc(C)c(-c2cnc3c4c(C5(C)CC5(C)C)cccc4c4ccccc4n23)c(C)c1. The molecule has 6 rings (SSSR count). The first kappa shape index (κ1) is 19.5. The van der Waals surface area contributed by atoms with Crippen molar-refractivity contribution in [2.75, 3.05) is 0 Å². The van der Waals surface area contributed by atoms with Gasteiger partial charge in [0, 0.05) is 16.3 Å². The van der Waals surface area contributed by atoms with Crippen molar-refractivity contribution in [2.24, 2.45) is 5.41 Å². The molecule has 2 aromatic heterocycles. The Labute approximate surface area is 189 Å². The molecule has 0 aliphatic heterocycles. The maximum atomic E-state index is 5.09. The Kier molecular flexibility index (Phi) is 3.80. The van der Waals surface area contributed by atoms with Gasteiger partial charge in [0.15, 0.2) is 0 Å². The van der Waals surface area contributed by atoms with Crippen molar-refractivity contribution in [3.8, 4) is 11.3 Å². The molecule has 3 aromatic carbocycles. The number of para-hydroxylation sites is 1. The number of aromatic nitrogens is 2. The number of hydrogen-bond acceptors (Lipinski definition) is 1. The summed E-state index contributed by atoms with van der Waals surface area (Å²) in [6.07, 6.45) is 3.30. The highest BCUT2D eigenvalue weighted by Gasteiger charge is 2.58. The highest BCUT2D eigenvalue weighted by Crippen LogP contribution is 2.65. The van der Waals surface area contributed by atoms with Gasteiger partial charge in [0.25, 0.3) is 0 Å². The zero-order valence-corrected chi connectivity index (χ0v) is 19.9. The predicted octanol–water partition coefficient (Wildman–Crippen LogP) is 7.92. The van der Waals surface area contributed by atoms with Crippen LogP contribution in [0.3, 0.4) is 0 Å². The Bertz CT molecular complexity index is 1540. The maximum absolute atomic E-state index is 5.09. The van der Waals surface area contributed by atoms with Gasteiger partial charge in [-0.25, -0.2) is 4.98 Å². The van der Waals surface area contributed by atoms with Gasteiger partial charge in [-0.1, -0.05) is 74.9 Å². The normalized spacial score (nSPS) is 19.8.